The molecule has 11 heteroatoms. The van der Waals surface area contributed by atoms with Crippen molar-refractivity contribution in [3.8, 4) is 22.9 Å². The standard InChI is InChI=1S/C37H51N5O6/c1-21-29-17-26(37(29,3)4)18-30(21)40-36(46)33-32(22(2)44)31(20-43)48-42(33)19-23-10-8-11-28(34(23)47-7)24-14-25(16-27(15-24)41(5)6)35(45)39-13-9-12-38/h8,10-11,14-16,21-22,26,29-33,43-44H,9,13,17-20H2,1-7H3,(H,39,45)(H,40,46)/t21-,22-,26-,29+,30-,31-,32+,33-/m0/s1. The van der Waals surface area contributed by atoms with Crippen molar-refractivity contribution in [3.05, 3.63) is 47.5 Å². The summed E-state index contributed by atoms with van der Waals surface area (Å²) in [5, 5.41) is 37.7. The first-order chi connectivity index (χ1) is 22.8. The number of anilines is 1. The number of hydrogen-bond acceptors (Lipinski definition) is 9. The zero-order chi connectivity index (χ0) is 34.9. The average Bonchev–Trinajstić information content (AvgIpc) is 3.43. The van der Waals surface area contributed by atoms with Gasteiger partial charge in [-0.3, -0.25) is 14.4 Å². The summed E-state index contributed by atoms with van der Waals surface area (Å²) in [5.41, 5.74) is 3.78. The van der Waals surface area contributed by atoms with Crippen LogP contribution in [0.1, 0.15) is 62.9 Å². The summed E-state index contributed by atoms with van der Waals surface area (Å²) in [6.07, 6.45) is 0.671. The van der Waals surface area contributed by atoms with E-state index in [1.807, 2.05) is 49.3 Å². The minimum atomic E-state index is -0.904. The molecule has 2 bridgehead atoms. The Morgan fingerprint density at radius 2 is 1.98 bits per heavy atom. The number of ether oxygens (including phenoxy) is 1. The predicted octanol–water partition coefficient (Wildman–Crippen LogP) is 3.73. The number of fused-ring (bicyclic) bond motifs is 2. The Morgan fingerprint density at radius 1 is 1.23 bits per heavy atom. The minimum Gasteiger partial charge on any atom is -0.496 e. The van der Waals surface area contributed by atoms with E-state index in [9.17, 15) is 19.8 Å². The molecule has 48 heavy (non-hydrogen) atoms. The molecule has 11 nitrogen and oxygen atoms in total. The molecule has 4 aliphatic rings. The van der Waals surface area contributed by atoms with Gasteiger partial charge in [0.2, 0.25) is 5.91 Å². The second kappa shape index (κ2) is 14.4. The Hall–Kier alpha value is -3.69. The molecule has 4 fully saturated rings. The number of nitriles is 1. The third-order valence-electron chi connectivity index (χ3n) is 11.2. The van der Waals surface area contributed by atoms with Crippen LogP contribution in [0.15, 0.2) is 36.4 Å². The number of carbonyl (C=O) groups excluding carboxylic acids is 2. The zero-order valence-corrected chi connectivity index (χ0v) is 29.2. The van der Waals surface area contributed by atoms with Crippen LogP contribution in [0.4, 0.5) is 5.69 Å². The number of rotatable bonds is 12. The van der Waals surface area contributed by atoms with Crippen molar-refractivity contribution in [3.63, 3.8) is 0 Å². The molecule has 6 rings (SSSR count). The van der Waals surface area contributed by atoms with Gasteiger partial charge in [0.05, 0.1) is 38.9 Å². The van der Waals surface area contributed by atoms with Crippen molar-refractivity contribution in [1.82, 2.24) is 15.7 Å². The highest BCUT2D eigenvalue weighted by atomic mass is 16.7. The largest absolute Gasteiger partial charge is 0.496 e. The lowest BCUT2D eigenvalue weighted by Crippen LogP contribution is -2.62. The molecule has 8 atom stereocenters. The maximum Gasteiger partial charge on any atom is 0.251 e. The average molecular weight is 662 g/mol. The van der Waals surface area contributed by atoms with Gasteiger partial charge in [0.15, 0.2) is 0 Å². The summed E-state index contributed by atoms with van der Waals surface area (Å²) >= 11 is 0. The first-order valence-corrected chi connectivity index (χ1v) is 17.0. The molecule has 2 aromatic carbocycles. The topological polar surface area (TPSA) is 147 Å². The molecule has 1 heterocycles. The molecule has 0 radical (unpaired) electrons. The molecule has 1 aliphatic heterocycles. The van der Waals surface area contributed by atoms with E-state index in [-0.39, 0.29) is 49.4 Å². The summed E-state index contributed by atoms with van der Waals surface area (Å²) in [5.74, 6) is 0.864. The van der Waals surface area contributed by atoms with Gasteiger partial charge in [0.1, 0.15) is 17.9 Å². The van der Waals surface area contributed by atoms with Crippen molar-refractivity contribution < 1.29 is 29.4 Å². The molecule has 3 aliphatic carbocycles. The number of para-hydroxylation sites is 1. The maximum absolute atomic E-state index is 14.1. The Kier molecular flexibility index (Phi) is 10.7. The number of carbonyl (C=O) groups is 2. The molecule has 4 N–H and O–H groups in total. The third kappa shape index (κ3) is 6.77. The minimum absolute atomic E-state index is 0.0343. The van der Waals surface area contributed by atoms with E-state index in [0.717, 1.165) is 28.8 Å². The normalized spacial score (nSPS) is 28.1. The summed E-state index contributed by atoms with van der Waals surface area (Å²) in [6.45, 7) is 8.57. The lowest BCUT2D eigenvalue weighted by atomic mass is 9.45. The van der Waals surface area contributed by atoms with E-state index < -0.39 is 24.2 Å². The second-order valence-corrected chi connectivity index (χ2v) is 14.6. The van der Waals surface area contributed by atoms with Crippen molar-refractivity contribution in [2.45, 2.75) is 77.8 Å². The Balaban J connectivity index is 1.45. The van der Waals surface area contributed by atoms with Crippen LogP contribution in [0.3, 0.4) is 0 Å². The van der Waals surface area contributed by atoms with E-state index in [4.69, 9.17) is 14.8 Å². The number of hydrogen-bond donors (Lipinski definition) is 4. The fraction of sp³-hybridized carbons (Fsp3) is 0.595. The van der Waals surface area contributed by atoms with Crippen LogP contribution in [0.5, 0.6) is 5.75 Å². The highest BCUT2D eigenvalue weighted by molar-refractivity contribution is 5.97. The van der Waals surface area contributed by atoms with Gasteiger partial charge in [0, 0.05) is 55.0 Å². The van der Waals surface area contributed by atoms with Gasteiger partial charge in [-0.2, -0.15) is 10.3 Å². The van der Waals surface area contributed by atoms with Crippen LogP contribution >= 0.6 is 0 Å². The van der Waals surface area contributed by atoms with Crippen LogP contribution in [0.25, 0.3) is 11.1 Å². The number of hydroxylamine groups is 2. The highest BCUT2D eigenvalue weighted by Crippen LogP contribution is 2.61. The van der Waals surface area contributed by atoms with Gasteiger partial charge in [-0.05, 0) is 66.7 Å². The Morgan fingerprint density at radius 3 is 2.58 bits per heavy atom. The van der Waals surface area contributed by atoms with E-state index >= 15 is 0 Å². The lowest BCUT2D eigenvalue weighted by molar-refractivity contribution is -0.183. The fourth-order valence-electron chi connectivity index (χ4n) is 8.32. The monoisotopic (exact) mass is 661 g/mol. The SMILES string of the molecule is COc1c(CN2O[C@@H](CO)[C@@H]([C@H](C)O)[C@H]2C(=O)N[C@H]2C[C@@H]3C[C@H]([C@@H]2C)C3(C)C)cccc1-c1cc(C(=O)NCCC#N)cc(N(C)C)c1. The predicted molar refractivity (Wildman–Crippen MR) is 183 cm³/mol. The number of nitrogens with zero attached hydrogens (tertiary/aromatic N) is 3. The van der Waals surface area contributed by atoms with Crippen molar-refractivity contribution in [1.29, 1.82) is 5.26 Å². The molecule has 0 spiro atoms. The van der Waals surface area contributed by atoms with Gasteiger partial charge in [-0.25, -0.2) is 0 Å². The number of aliphatic hydroxyl groups excluding tert-OH is 2. The molecule has 2 amide bonds. The molecular weight excluding hydrogens is 610 g/mol. The summed E-state index contributed by atoms with van der Waals surface area (Å²) in [4.78, 5) is 35.3. The molecule has 0 aromatic heterocycles. The van der Waals surface area contributed by atoms with E-state index in [0.29, 0.717) is 29.1 Å². The number of benzene rings is 2. The van der Waals surface area contributed by atoms with E-state index in [1.54, 1.807) is 31.2 Å². The molecule has 2 aromatic rings. The van der Waals surface area contributed by atoms with Crippen LogP contribution < -0.4 is 20.3 Å². The summed E-state index contributed by atoms with van der Waals surface area (Å²) < 4.78 is 5.98. The number of nitrogens with one attached hydrogen (secondary N) is 2. The van der Waals surface area contributed by atoms with Crippen molar-refractivity contribution in [2.24, 2.45) is 29.1 Å². The van der Waals surface area contributed by atoms with Crippen molar-refractivity contribution in [2.75, 3.05) is 39.3 Å². The number of aliphatic hydroxyl groups is 2. The van der Waals surface area contributed by atoms with Gasteiger partial charge in [-0.15, -0.1) is 0 Å². The van der Waals surface area contributed by atoms with Gasteiger partial charge in [-0.1, -0.05) is 39.0 Å². The maximum atomic E-state index is 14.1. The Bertz CT molecular complexity index is 1540. The Labute approximate surface area is 284 Å². The quantitative estimate of drug-likeness (QED) is 0.250. The molecule has 1 saturated heterocycles. The molecule has 3 saturated carbocycles. The lowest BCUT2D eigenvalue weighted by Gasteiger charge is -2.62. The first kappa shape index (κ1) is 35.6. The molecule has 260 valence electrons. The summed E-state index contributed by atoms with van der Waals surface area (Å²) in [7, 11) is 5.37. The van der Waals surface area contributed by atoms with Crippen LogP contribution in [-0.2, 0) is 16.2 Å². The van der Waals surface area contributed by atoms with Crippen LogP contribution in [0.2, 0.25) is 0 Å². The number of methoxy groups -OCH3 is 1. The molecular formula is C37H51N5O6. The molecule has 0 unspecified atom stereocenters. The van der Waals surface area contributed by atoms with E-state index in [2.05, 4.69) is 31.4 Å². The zero-order valence-electron chi connectivity index (χ0n) is 29.2. The van der Waals surface area contributed by atoms with Gasteiger partial charge in [0.25, 0.3) is 5.91 Å². The van der Waals surface area contributed by atoms with E-state index in [1.165, 1.54) is 6.42 Å². The third-order valence-corrected chi connectivity index (χ3v) is 11.2. The fourth-order valence-corrected chi connectivity index (χ4v) is 8.32. The van der Waals surface area contributed by atoms with Crippen LogP contribution in [0, 0.1) is 40.4 Å². The number of amides is 2. The summed E-state index contributed by atoms with van der Waals surface area (Å²) in [6, 6.07) is 12.5. The second-order valence-electron chi connectivity index (χ2n) is 14.6. The van der Waals surface area contributed by atoms with Gasteiger partial charge >= 0.3 is 0 Å². The smallest absolute Gasteiger partial charge is 0.251 e. The first-order valence-electron chi connectivity index (χ1n) is 17.0. The van der Waals surface area contributed by atoms with Crippen LogP contribution in [-0.4, -0.2) is 85.7 Å². The van der Waals surface area contributed by atoms with Crippen molar-refractivity contribution >= 4 is 17.5 Å². The highest BCUT2D eigenvalue weighted by Gasteiger charge is 2.57. The van der Waals surface area contributed by atoms with Gasteiger partial charge < -0.3 is 30.5 Å².